The quantitative estimate of drug-likeness (QED) is 0.819. The molecule has 88 valence electrons. The van der Waals surface area contributed by atoms with E-state index in [9.17, 15) is 4.79 Å². The Balaban J connectivity index is 2.46. The van der Waals surface area contributed by atoms with Crippen LogP contribution in [0.1, 0.15) is 11.1 Å². The van der Waals surface area contributed by atoms with E-state index in [1.807, 2.05) is 31.2 Å². The van der Waals surface area contributed by atoms with Gasteiger partial charge in [0.25, 0.3) is 0 Å². The molecule has 0 aliphatic heterocycles. The van der Waals surface area contributed by atoms with Crippen molar-refractivity contribution in [3.05, 3.63) is 41.7 Å². The first-order valence-electron chi connectivity index (χ1n) is 5.23. The van der Waals surface area contributed by atoms with Gasteiger partial charge in [0, 0.05) is 10.5 Å². The van der Waals surface area contributed by atoms with Gasteiger partial charge in [0.05, 0.1) is 12.7 Å². The fraction of sp³-hybridized carbons (Fsp3) is 0.154. The zero-order valence-corrected chi connectivity index (χ0v) is 10.3. The number of rotatable bonds is 3. The topological polar surface area (TPSA) is 56.2 Å². The lowest BCUT2D eigenvalue weighted by molar-refractivity contribution is -0.117. The molecule has 1 heterocycles. The van der Waals surface area contributed by atoms with Gasteiger partial charge < -0.3 is 10.2 Å². The summed E-state index contributed by atoms with van der Waals surface area (Å²) in [5.74, 6) is 0.426. The molecule has 0 spiro atoms. The molecule has 0 bridgehead atoms. The minimum absolute atomic E-state index is 0.234. The lowest BCUT2D eigenvalue weighted by Crippen LogP contribution is -2.14. The summed E-state index contributed by atoms with van der Waals surface area (Å²) in [5, 5.41) is 0. The molecule has 0 aliphatic carbocycles. The van der Waals surface area contributed by atoms with E-state index in [4.69, 9.17) is 10.2 Å². The lowest BCUT2D eigenvalue weighted by Gasteiger charge is -2.10. The van der Waals surface area contributed by atoms with E-state index in [1.54, 1.807) is 6.26 Å². The average molecular weight is 247 g/mol. The van der Waals surface area contributed by atoms with Crippen LogP contribution in [-0.2, 0) is 11.2 Å². The Hall–Kier alpha value is -1.68. The SMILES string of the molecule is Cc1c(CC(N)=O)ccc(-c2ccco2)c1S. The van der Waals surface area contributed by atoms with E-state index >= 15 is 0 Å². The number of thiol groups is 1. The third-order valence-corrected chi connectivity index (χ3v) is 3.27. The van der Waals surface area contributed by atoms with Gasteiger partial charge in [-0.1, -0.05) is 6.07 Å². The van der Waals surface area contributed by atoms with Gasteiger partial charge in [-0.3, -0.25) is 4.79 Å². The number of carbonyl (C=O) groups excluding carboxylic acids is 1. The summed E-state index contributed by atoms with van der Waals surface area (Å²) in [6.07, 6.45) is 1.85. The molecule has 0 atom stereocenters. The van der Waals surface area contributed by atoms with Crippen molar-refractivity contribution < 1.29 is 9.21 Å². The Kier molecular flexibility index (Phi) is 3.24. The summed E-state index contributed by atoms with van der Waals surface area (Å²) in [7, 11) is 0. The summed E-state index contributed by atoms with van der Waals surface area (Å²) < 4.78 is 5.34. The molecule has 2 rings (SSSR count). The van der Waals surface area contributed by atoms with Crippen molar-refractivity contribution in [1.29, 1.82) is 0 Å². The number of hydrogen-bond donors (Lipinski definition) is 2. The van der Waals surface area contributed by atoms with Gasteiger partial charge in [0.15, 0.2) is 0 Å². The summed E-state index contributed by atoms with van der Waals surface area (Å²) >= 11 is 4.48. The van der Waals surface area contributed by atoms with E-state index in [-0.39, 0.29) is 12.3 Å². The van der Waals surface area contributed by atoms with Crippen molar-refractivity contribution in [3.8, 4) is 11.3 Å². The molecule has 0 unspecified atom stereocenters. The highest BCUT2D eigenvalue weighted by Gasteiger charge is 2.11. The van der Waals surface area contributed by atoms with E-state index < -0.39 is 0 Å². The van der Waals surface area contributed by atoms with Gasteiger partial charge in [0.1, 0.15) is 5.76 Å². The first-order chi connectivity index (χ1) is 8.09. The molecule has 0 fully saturated rings. The molecule has 0 aliphatic rings. The van der Waals surface area contributed by atoms with Crippen molar-refractivity contribution in [1.82, 2.24) is 0 Å². The number of amides is 1. The molecule has 17 heavy (non-hydrogen) atoms. The smallest absolute Gasteiger partial charge is 0.221 e. The Morgan fingerprint density at radius 3 is 2.76 bits per heavy atom. The van der Waals surface area contributed by atoms with Crippen molar-refractivity contribution >= 4 is 18.5 Å². The summed E-state index contributed by atoms with van der Waals surface area (Å²) in [6, 6.07) is 7.49. The highest BCUT2D eigenvalue weighted by Crippen LogP contribution is 2.31. The van der Waals surface area contributed by atoms with Gasteiger partial charge in [-0.2, -0.15) is 0 Å². The van der Waals surface area contributed by atoms with E-state index in [0.717, 1.165) is 27.3 Å². The Bertz CT molecular complexity index is 547. The number of furan rings is 1. The fourth-order valence-corrected chi connectivity index (χ4v) is 2.08. The fourth-order valence-electron chi connectivity index (χ4n) is 1.75. The van der Waals surface area contributed by atoms with Gasteiger partial charge in [-0.25, -0.2) is 0 Å². The second kappa shape index (κ2) is 4.67. The standard InChI is InChI=1S/C13H13NO2S/c1-8-9(7-12(14)15)4-5-10(13(8)17)11-3-2-6-16-11/h2-6,17H,7H2,1H3,(H2,14,15). The molecule has 3 nitrogen and oxygen atoms in total. The van der Waals surface area contributed by atoms with Crippen LogP contribution in [0.5, 0.6) is 0 Å². The number of hydrogen-bond acceptors (Lipinski definition) is 3. The number of benzene rings is 1. The molecule has 2 aromatic rings. The van der Waals surface area contributed by atoms with E-state index in [1.165, 1.54) is 0 Å². The summed E-state index contributed by atoms with van der Waals surface area (Å²) in [6.45, 7) is 1.92. The molecular weight excluding hydrogens is 234 g/mol. The normalized spacial score (nSPS) is 10.5. The van der Waals surface area contributed by atoms with Crippen LogP contribution in [0.15, 0.2) is 39.8 Å². The maximum absolute atomic E-state index is 10.9. The Morgan fingerprint density at radius 2 is 2.18 bits per heavy atom. The summed E-state index contributed by atoms with van der Waals surface area (Å²) in [4.78, 5) is 11.7. The lowest BCUT2D eigenvalue weighted by atomic mass is 10.0. The molecular formula is C13H13NO2S. The highest BCUT2D eigenvalue weighted by molar-refractivity contribution is 7.80. The van der Waals surface area contributed by atoms with Crippen LogP contribution in [-0.4, -0.2) is 5.91 Å². The average Bonchev–Trinajstić information content (AvgIpc) is 2.78. The van der Waals surface area contributed by atoms with Crippen LogP contribution in [0.25, 0.3) is 11.3 Å². The van der Waals surface area contributed by atoms with Crippen LogP contribution < -0.4 is 5.73 Å². The molecule has 0 saturated carbocycles. The molecule has 0 radical (unpaired) electrons. The van der Waals surface area contributed by atoms with Crippen molar-refractivity contribution in [2.45, 2.75) is 18.2 Å². The zero-order chi connectivity index (χ0) is 12.4. The molecule has 2 N–H and O–H groups in total. The third kappa shape index (κ3) is 2.36. The highest BCUT2D eigenvalue weighted by atomic mass is 32.1. The van der Waals surface area contributed by atoms with E-state index in [0.29, 0.717) is 0 Å². The largest absolute Gasteiger partial charge is 0.464 e. The first-order valence-corrected chi connectivity index (χ1v) is 5.68. The molecule has 1 aromatic heterocycles. The predicted molar refractivity (Wildman–Crippen MR) is 69.0 cm³/mol. The van der Waals surface area contributed by atoms with Gasteiger partial charge in [-0.15, -0.1) is 12.6 Å². The van der Waals surface area contributed by atoms with Gasteiger partial charge in [0.2, 0.25) is 5.91 Å². The van der Waals surface area contributed by atoms with Gasteiger partial charge >= 0.3 is 0 Å². The predicted octanol–water partition coefficient (Wildman–Crippen LogP) is 2.57. The summed E-state index contributed by atoms with van der Waals surface area (Å²) in [5.41, 5.74) is 7.97. The minimum Gasteiger partial charge on any atom is -0.464 e. The first kappa shape index (κ1) is 11.8. The molecule has 0 saturated heterocycles. The minimum atomic E-state index is -0.341. The van der Waals surface area contributed by atoms with Crippen LogP contribution >= 0.6 is 12.6 Å². The molecule has 1 aromatic carbocycles. The van der Waals surface area contributed by atoms with Crippen LogP contribution in [0, 0.1) is 6.92 Å². The third-order valence-electron chi connectivity index (χ3n) is 2.69. The Labute approximate surface area is 105 Å². The monoisotopic (exact) mass is 247 g/mol. The van der Waals surface area contributed by atoms with Crippen molar-refractivity contribution in [2.75, 3.05) is 0 Å². The van der Waals surface area contributed by atoms with Crippen LogP contribution in [0.3, 0.4) is 0 Å². The maximum atomic E-state index is 10.9. The number of nitrogens with two attached hydrogens (primary N) is 1. The number of primary amides is 1. The van der Waals surface area contributed by atoms with E-state index in [2.05, 4.69) is 12.6 Å². The zero-order valence-electron chi connectivity index (χ0n) is 9.43. The second-order valence-corrected chi connectivity index (χ2v) is 4.31. The van der Waals surface area contributed by atoms with Crippen LogP contribution in [0.2, 0.25) is 0 Å². The second-order valence-electron chi connectivity index (χ2n) is 3.87. The maximum Gasteiger partial charge on any atom is 0.221 e. The van der Waals surface area contributed by atoms with Gasteiger partial charge in [-0.05, 0) is 36.2 Å². The molecule has 1 amide bonds. The Morgan fingerprint density at radius 1 is 1.41 bits per heavy atom. The number of carbonyl (C=O) groups is 1. The molecule has 4 heteroatoms. The van der Waals surface area contributed by atoms with Crippen molar-refractivity contribution in [2.24, 2.45) is 5.73 Å². The van der Waals surface area contributed by atoms with Crippen molar-refractivity contribution in [3.63, 3.8) is 0 Å². The van der Waals surface area contributed by atoms with Crippen LogP contribution in [0.4, 0.5) is 0 Å².